The maximum Gasteiger partial charge on any atom is 0.329 e. The monoisotopic (exact) mass is 422 g/mol. The number of carbonyl (C=O) groups is 2. The highest BCUT2D eigenvalue weighted by atomic mass is 19.1. The summed E-state index contributed by atoms with van der Waals surface area (Å²) in [5.74, 6) is -1.71. The maximum absolute atomic E-state index is 14.2. The number of rotatable bonds is 5. The minimum Gasteiger partial charge on any atom is -0.495 e. The number of halogens is 1. The molecule has 3 aromatic rings. The Morgan fingerprint density at radius 2 is 1.81 bits per heavy atom. The van der Waals surface area contributed by atoms with Gasteiger partial charge in [0.1, 0.15) is 11.6 Å². The fourth-order valence-electron chi connectivity index (χ4n) is 3.23. The first-order chi connectivity index (χ1) is 14.8. The van der Waals surface area contributed by atoms with E-state index in [9.17, 15) is 14.0 Å². The number of hydrogen-bond donors (Lipinski definition) is 2. The summed E-state index contributed by atoms with van der Waals surface area (Å²) in [4.78, 5) is 24.3. The molecule has 2 amide bonds. The van der Waals surface area contributed by atoms with E-state index in [0.29, 0.717) is 22.7 Å². The van der Waals surface area contributed by atoms with Gasteiger partial charge < -0.3 is 14.6 Å². The lowest BCUT2D eigenvalue weighted by Gasteiger charge is -2.10. The van der Waals surface area contributed by atoms with E-state index < -0.39 is 11.8 Å². The molecule has 0 aliphatic carbocycles. The summed E-state index contributed by atoms with van der Waals surface area (Å²) < 4.78 is 21.1. The SMILES string of the molecule is COc1ccc(C)cc1NC(=O)C(=O)N/N=C\c1cc(C)n(-c2ccccc2F)c1C. The molecule has 31 heavy (non-hydrogen) atoms. The molecule has 1 aromatic heterocycles. The lowest BCUT2D eigenvalue weighted by Crippen LogP contribution is -2.32. The van der Waals surface area contributed by atoms with E-state index >= 15 is 0 Å². The number of hydrogen-bond acceptors (Lipinski definition) is 4. The van der Waals surface area contributed by atoms with Crippen molar-refractivity contribution in [1.82, 2.24) is 9.99 Å². The normalized spacial score (nSPS) is 10.9. The number of benzene rings is 2. The lowest BCUT2D eigenvalue weighted by molar-refractivity contribution is -0.136. The molecule has 1 heterocycles. The quantitative estimate of drug-likeness (QED) is 0.374. The Balaban J connectivity index is 1.70. The molecule has 0 fully saturated rings. The van der Waals surface area contributed by atoms with E-state index in [1.165, 1.54) is 19.4 Å². The second kappa shape index (κ2) is 9.25. The predicted octanol–water partition coefficient (Wildman–Crippen LogP) is 3.64. The third-order valence-electron chi connectivity index (χ3n) is 4.74. The van der Waals surface area contributed by atoms with Gasteiger partial charge in [-0.2, -0.15) is 5.10 Å². The van der Waals surface area contributed by atoms with Crippen LogP contribution in [0.15, 0.2) is 53.6 Å². The number of ether oxygens (including phenoxy) is 1. The number of hydrazone groups is 1. The van der Waals surface area contributed by atoms with Crippen molar-refractivity contribution in [2.24, 2.45) is 5.10 Å². The van der Waals surface area contributed by atoms with Crippen LogP contribution >= 0.6 is 0 Å². The van der Waals surface area contributed by atoms with Crippen molar-refractivity contribution in [3.8, 4) is 11.4 Å². The maximum atomic E-state index is 14.2. The zero-order valence-corrected chi connectivity index (χ0v) is 17.7. The average molecular weight is 422 g/mol. The summed E-state index contributed by atoms with van der Waals surface area (Å²) in [7, 11) is 1.47. The minimum absolute atomic E-state index is 0.343. The summed E-state index contributed by atoms with van der Waals surface area (Å²) in [6.45, 7) is 5.52. The van der Waals surface area contributed by atoms with Gasteiger partial charge in [0.2, 0.25) is 0 Å². The Morgan fingerprint density at radius 3 is 2.52 bits per heavy atom. The molecule has 0 radical (unpaired) electrons. The summed E-state index contributed by atoms with van der Waals surface area (Å²) in [6, 6.07) is 13.5. The van der Waals surface area contributed by atoms with E-state index in [1.54, 1.807) is 34.9 Å². The van der Waals surface area contributed by atoms with Crippen LogP contribution in [0.3, 0.4) is 0 Å². The number of nitrogens with one attached hydrogen (secondary N) is 2. The van der Waals surface area contributed by atoms with E-state index in [-0.39, 0.29) is 5.82 Å². The van der Waals surface area contributed by atoms with Gasteiger partial charge in [-0.25, -0.2) is 9.82 Å². The first kappa shape index (κ1) is 21.8. The molecule has 0 spiro atoms. The van der Waals surface area contributed by atoms with Crippen molar-refractivity contribution < 1.29 is 18.7 Å². The van der Waals surface area contributed by atoms with E-state index in [4.69, 9.17) is 4.74 Å². The van der Waals surface area contributed by atoms with Crippen LogP contribution in [-0.4, -0.2) is 29.7 Å². The molecule has 2 N–H and O–H groups in total. The number of aromatic nitrogens is 1. The second-order valence-corrected chi connectivity index (χ2v) is 6.97. The summed E-state index contributed by atoms with van der Waals surface area (Å²) >= 11 is 0. The van der Waals surface area contributed by atoms with Crippen LogP contribution in [0.2, 0.25) is 0 Å². The molecule has 0 atom stereocenters. The van der Waals surface area contributed by atoms with Gasteiger partial charge in [0.05, 0.1) is 24.7 Å². The van der Waals surface area contributed by atoms with E-state index in [2.05, 4.69) is 15.8 Å². The zero-order valence-electron chi connectivity index (χ0n) is 17.7. The number of para-hydroxylation sites is 1. The first-order valence-corrected chi connectivity index (χ1v) is 9.54. The molecule has 0 saturated heterocycles. The third-order valence-corrected chi connectivity index (χ3v) is 4.74. The number of aryl methyl sites for hydroxylation is 2. The van der Waals surface area contributed by atoms with Crippen molar-refractivity contribution in [2.45, 2.75) is 20.8 Å². The van der Waals surface area contributed by atoms with Gasteiger partial charge in [-0.3, -0.25) is 9.59 Å². The fourth-order valence-corrected chi connectivity index (χ4v) is 3.23. The smallest absolute Gasteiger partial charge is 0.329 e. The Morgan fingerprint density at radius 1 is 1.06 bits per heavy atom. The number of amides is 2. The van der Waals surface area contributed by atoms with E-state index in [0.717, 1.165) is 17.0 Å². The molecule has 0 unspecified atom stereocenters. The predicted molar refractivity (Wildman–Crippen MR) is 117 cm³/mol. The first-order valence-electron chi connectivity index (χ1n) is 9.54. The number of methoxy groups -OCH3 is 1. The van der Waals surface area contributed by atoms with Crippen molar-refractivity contribution in [3.05, 3.63) is 76.9 Å². The highest BCUT2D eigenvalue weighted by Gasteiger charge is 2.16. The average Bonchev–Trinajstić information content (AvgIpc) is 3.01. The second-order valence-electron chi connectivity index (χ2n) is 6.97. The van der Waals surface area contributed by atoms with Crippen molar-refractivity contribution in [1.29, 1.82) is 0 Å². The largest absolute Gasteiger partial charge is 0.495 e. The standard InChI is InChI=1S/C23H23FN4O3/c1-14-9-10-21(31-4)19(11-14)26-22(29)23(30)27-25-13-17-12-15(2)28(16(17)3)20-8-6-5-7-18(20)24/h5-13H,1-4H3,(H,26,29)(H,27,30)/b25-13-. The molecule has 2 aromatic carbocycles. The molecule has 7 nitrogen and oxygen atoms in total. The van der Waals surface area contributed by atoms with Gasteiger partial charge in [0.25, 0.3) is 0 Å². The minimum atomic E-state index is -0.928. The molecule has 0 aliphatic rings. The third kappa shape index (κ3) is 4.80. The number of nitrogens with zero attached hydrogens (tertiary/aromatic N) is 2. The molecule has 3 rings (SSSR count). The van der Waals surface area contributed by atoms with Crippen LogP contribution in [0.25, 0.3) is 5.69 Å². The van der Waals surface area contributed by atoms with Crippen LogP contribution in [0.4, 0.5) is 10.1 Å². The Kier molecular flexibility index (Phi) is 6.49. The van der Waals surface area contributed by atoms with E-state index in [1.807, 2.05) is 32.9 Å². The van der Waals surface area contributed by atoms with Crippen LogP contribution in [-0.2, 0) is 9.59 Å². The zero-order chi connectivity index (χ0) is 22.5. The topological polar surface area (TPSA) is 84.7 Å². The van der Waals surface area contributed by atoms with Crippen LogP contribution in [0.1, 0.15) is 22.5 Å². The van der Waals surface area contributed by atoms with Gasteiger partial charge in [-0.15, -0.1) is 0 Å². The molecular formula is C23H23FN4O3. The molecule has 0 bridgehead atoms. The van der Waals surface area contributed by atoms with Gasteiger partial charge in [-0.05, 0) is 56.7 Å². The van der Waals surface area contributed by atoms with Gasteiger partial charge in [-0.1, -0.05) is 18.2 Å². The lowest BCUT2D eigenvalue weighted by atomic mass is 10.2. The van der Waals surface area contributed by atoms with Crippen LogP contribution in [0, 0.1) is 26.6 Å². The highest BCUT2D eigenvalue weighted by Crippen LogP contribution is 2.25. The summed E-state index contributed by atoms with van der Waals surface area (Å²) in [5.41, 5.74) is 6.15. The number of anilines is 1. The van der Waals surface area contributed by atoms with Crippen LogP contribution < -0.4 is 15.5 Å². The molecule has 160 valence electrons. The van der Waals surface area contributed by atoms with Gasteiger partial charge in [0.15, 0.2) is 0 Å². The molecule has 0 aliphatic heterocycles. The van der Waals surface area contributed by atoms with Gasteiger partial charge in [0, 0.05) is 17.0 Å². The van der Waals surface area contributed by atoms with Crippen molar-refractivity contribution in [2.75, 3.05) is 12.4 Å². The number of carbonyl (C=O) groups excluding carboxylic acids is 2. The Hall–Kier alpha value is -3.94. The Labute approximate surface area is 179 Å². The summed E-state index contributed by atoms with van der Waals surface area (Å²) in [6.07, 6.45) is 1.41. The van der Waals surface area contributed by atoms with Crippen LogP contribution in [0.5, 0.6) is 5.75 Å². The fraction of sp³-hybridized carbons (Fsp3) is 0.174. The van der Waals surface area contributed by atoms with Crippen molar-refractivity contribution in [3.63, 3.8) is 0 Å². The van der Waals surface area contributed by atoms with Crippen molar-refractivity contribution >= 4 is 23.7 Å². The molecular weight excluding hydrogens is 399 g/mol. The summed E-state index contributed by atoms with van der Waals surface area (Å²) in [5, 5.41) is 6.38. The Bertz CT molecular complexity index is 1170. The molecule has 0 saturated carbocycles. The highest BCUT2D eigenvalue weighted by molar-refractivity contribution is 6.39. The molecule has 8 heteroatoms. The van der Waals surface area contributed by atoms with Gasteiger partial charge >= 0.3 is 11.8 Å².